The van der Waals surface area contributed by atoms with Crippen LogP contribution in [0, 0.1) is 5.92 Å². The summed E-state index contributed by atoms with van der Waals surface area (Å²) in [7, 11) is -1.68. The summed E-state index contributed by atoms with van der Waals surface area (Å²) in [4.78, 5) is 11.2. The second-order valence-electron chi connectivity index (χ2n) is 6.96. The van der Waals surface area contributed by atoms with Gasteiger partial charge in [-0.1, -0.05) is 20.8 Å². The van der Waals surface area contributed by atoms with Gasteiger partial charge in [-0.25, -0.2) is 0 Å². The standard InChI is InChI=1S/C13H24O3Si/c1-13(2,3)17(4,5)16-10-6-9-7-12(14)15-11(9)8-10/h9-11H,6-8H2,1-5H3/t9-,10-,11-/m1/s1. The molecular weight excluding hydrogens is 232 g/mol. The molecule has 0 unspecified atom stereocenters. The maximum atomic E-state index is 11.2. The van der Waals surface area contributed by atoms with Crippen molar-refractivity contribution in [3.05, 3.63) is 0 Å². The predicted molar refractivity (Wildman–Crippen MR) is 69.3 cm³/mol. The summed E-state index contributed by atoms with van der Waals surface area (Å²) in [6, 6.07) is 0. The normalized spacial score (nSPS) is 33.7. The lowest BCUT2D eigenvalue weighted by atomic mass is 10.1. The fraction of sp³-hybridized carbons (Fsp3) is 0.923. The summed E-state index contributed by atoms with van der Waals surface area (Å²) < 4.78 is 11.7. The summed E-state index contributed by atoms with van der Waals surface area (Å²) in [5.74, 6) is 0.392. The van der Waals surface area contributed by atoms with Crippen molar-refractivity contribution < 1.29 is 14.0 Å². The molecule has 17 heavy (non-hydrogen) atoms. The number of ether oxygens (including phenoxy) is 1. The van der Waals surface area contributed by atoms with Crippen LogP contribution < -0.4 is 0 Å². The van der Waals surface area contributed by atoms with Crippen LogP contribution in [0.5, 0.6) is 0 Å². The molecule has 0 N–H and O–H groups in total. The molecule has 0 aromatic heterocycles. The van der Waals surface area contributed by atoms with Crippen molar-refractivity contribution in [3.63, 3.8) is 0 Å². The largest absolute Gasteiger partial charge is 0.462 e. The van der Waals surface area contributed by atoms with Crippen molar-refractivity contribution in [3.8, 4) is 0 Å². The van der Waals surface area contributed by atoms with Crippen molar-refractivity contribution in [2.75, 3.05) is 0 Å². The van der Waals surface area contributed by atoms with E-state index < -0.39 is 8.32 Å². The average Bonchev–Trinajstić information content (AvgIpc) is 2.57. The van der Waals surface area contributed by atoms with Gasteiger partial charge in [-0.3, -0.25) is 4.79 Å². The van der Waals surface area contributed by atoms with Crippen molar-refractivity contribution >= 4 is 14.3 Å². The topological polar surface area (TPSA) is 35.5 Å². The molecular formula is C13H24O3Si. The molecule has 2 aliphatic rings. The van der Waals surface area contributed by atoms with Gasteiger partial charge in [-0.15, -0.1) is 0 Å². The summed E-state index contributed by atoms with van der Waals surface area (Å²) in [5.41, 5.74) is 0. The minimum atomic E-state index is -1.68. The van der Waals surface area contributed by atoms with Crippen LogP contribution in [0.1, 0.15) is 40.0 Å². The minimum absolute atomic E-state index is 0.0224. The highest BCUT2D eigenvalue weighted by atomic mass is 28.4. The molecule has 1 saturated carbocycles. The first-order chi connectivity index (χ1) is 7.69. The molecule has 0 bridgehead atoms. The first-order valence-electron chi connectivity index (χ1n) is 6.56. The Morgan fingerprint density at radius 2 is 1.94 bits per heavy atom. The molecule has 3 nitrogen and oxygen atoms in total. The van der Waals surface area contributed by atoms with E-state index in [-0.39, 0.29) is 17.1 Å². The quantitative estimate of drug-likeness (QED) is 0.562. The number of carbonyl (C=O) groups is 1. The SMILES string of the molecule is CC(C)(C)[Si](C)(C)O[C@@H]1C[C@@H]2CC(=O)O[C@@H]2C1. The van der Waals surface area contributed by atoms with Gasteiger partial charge in [0.2, 0.25) is 0 Å². The van der Waals surface area contributed by atoms with Crippen LogP contribution in [0.4, 0.5) is 0 Å². The molecule has 0 aromatic rings. The Morgan fingerprint density at radius 3 is 2.47 bits per heavy atom. The van der Waals surface area contributed by atoms with Gasteiger partial charge in [0.25, 0.3) is 0 Å². The van der Waals surface area contributed by atoms with E-state index in [1.807, 2.05) is 0 Å². The van der Waals surface area contributed by atoms with E-state index in [9.17, 15) is 4.79 Å². The summed E-state index contributed by atoms with van der Waals surface area (Å²) >= 11 is 0. The zero-order chi connectivity index (χ0) is 12.8. The van der Waals surface area contributed by atoms with Crippen molar-refractivity contribution in [1.82, 2.24) is 0 Å². The van der Waals surface area contributed by atoms with Crippen LogP contribution in [0.2, 0.25) is 18.1 Å². The van der Waals surface area contributed by atoms with Gasteiger partial charge < -0.3 is 9.16 Å². The molecule has 4 heteroatoms. The minimum Gasteiger partial charge on any atom is -0.462 e. The van der Waals surface area contributed by atoms with Gasteiger partial charge in [0.15, 0.2) is 8.32 Å². The molecule has 98 valence electrons. The molecule has 1 aliphatic heterocycles. The van der Waals surface area contributed by atoms with E-state index in [1.54, 1.807) is 0 Å². The lowest BCUT2D eigenvalue weighted by molar-refractivity contribution is -0.141. The van der Waals surface area contributed by atoms with E-state index in [0.29, 0.717) is 18.4 Å². The van der Waals surface area contributed by atoms with Crippen LogP contribution in [0.25, 0.3) is 0 Å². The number of esters is 1. The molecule has 0 aromatic carbocycles. The van der Waals surface area contributed by atoms with Crippen molar-refractivity contribution in [1.29, 1.82) is 0 Å². The van der Waals surface area contributed by atoms with Crippen LogP contribution >= 0.6 is 0 Å². The maximum absolute atomic E-state index is 11.2. The summed E-state index contributed by atoms with van der Waals surface area (Å²) in [5, 5.41) is 0.251. The Morgan fingerprint density at radius 1 is 1.29 bits per heavy atom. The van der Waals surface area contributed by atoms with Crippen molar-refractivity contribution in [2.24, 2.45) is 5.92 Å². The van der Waals surface area contributed by atoms with Gasteiger partial charge in [-0.2, -0.15) is 0 Å². The molecule has 1 saturated heterocycles. The summed E-state index contributed by atoms with van der Waals surface area (Å²) in [6.07, 6.45) is 2.95. The van der Waals surface area contributed by atoms with Gasteiger partial charge in [0, 0.05) is 18.4 Å². The number of carbonyl (C=O) groups excluding carboxylic acids is 1. The molecule has 0 amide bonds. The van der Waals surface area contributed by atoms with Gasteiger partial charge >= 0.3 is 5.97 Å². The Bertz CT molecular complexity index is 303. The summed E-state index contributed by atoms with van der Waals surface area (Å²) in [6.45, 7) is 11.3. The lowest BCUT2D eigenvalue weighted by Gasteiger charge is -2.38. The van der Waals surface area contributed by atoms with Gasteiger partial charge in [-0.05, 0) is 24.6 Å². The first-order valence-corrected chi connectivity index (χ1v) is 9.47. The number of hydrogen-bond donors (Lipinski definition) is 0. The first kappa shape index (κ1) is 13.1. The molecule has 1 aliphatic carbocycles. The Balaban J connectivity index is 1.93. The highest BCUT2D eigenvalue weighted by molar-refractivity contribution is 6.74. The van der Waals surface area contributed by atoms with Crippen LogP contribution in [-0.4, -0.2) is 26.5 Å². The van der Waals surface area contributed by atoms with E-state index in [2.05, 4.69) is 33.9 Å². The fourth-order valence-electron chi connectivity index (χ4n) is 2.52. The Hall–Kier alpha value is -0.353. The highest BCUT2D eigenvalue weighted by Gasteiger charge is 2.47. The molecule has 0 radical (unpaired) electrons. The Labute approximate surface area is 105 Å². The molecule has 1 heterocycles. The molecule has 0 spiro atoms. The van der Waals surface area contributed by atoms with Crippen LogP contribution in [0.3, 0.4) is 0 Å². The molecule has 3 atom stereocenters. The average molecular weight is 256 g/mol. The molecule has 2 fully saturated rings. The highest BCUT2D eigenvalue weighted by Crippen LogP contribution is 2.43. The number of hydrogen-bond acceptors (Lipinski definition) is 3. The predicted octanol–water partition coefficient (Wildman–Crippen LogP) is 3.10. The fourth-order valence-corrected chi connectivity index (χ4v) is 3.90. The van der Waals surface area contributed by atoms with Gasteiger partial charge in [0.05, 0.1) is 6.42 Å². The zero-order valence-corrected chi connectivity index (χ0v) is 12.6. The van der Waals surface area contributed by atoms with E-state index in [4.69, 9.17) is 9.16 Å². The van der Waals surface area contributed by atoms with E-state index in [0.717, 1.165) is 12.8 Å². The monoisotopic (exact) mass is 256 g/mol. The third kappa shape index (κ3) is 2.57. The van der Waals surface area contributed by atoms with E-state index >= 15 is 0 Å². The van der Waals surface area contributed by atoms with Crippen LogP contribution in [0.15, 0.2) is 0 Å². The number of fused-ring (bicyclic) bond motifs is 1. The van der Waals surface area contributed by atoms with Gasteiger partial charge in [0.1, 0.15) is 6.10 Å². The second kappa shape index (κ2) is 4.09. The molecule has 2 rings (SSSR count). The van der Waals surface area contributed by atoms with Crippen LogP contribution in [-0.2, 0) is 14.0 Å². The Kier molecular flexibility index (Phi) is 3.15. The second-order valence-corrected chi connectivity index (χ2v) is 11.7. The zero-order valence-electron chi connectivity index (χ0n) is 11.6. The number of rotatable bonds is 2. The lowest BCUT2D eigenvalue weighted by Crippen LogP contribution is -2.43. The third-order valence-corrected chi connectivity index (χ3v) is 9.10. The maximum Gasteiger partial charge on any atom is 0.306 e. The third-order valence-electron chi connectivity index (χ3n) is 4.57. The smallest absolute Gasteiger partial charge is 0.306 e. The van der Waals surface area contributed by atoms with E-state index in [1.165, 1.54) is 0 Å². The van der Waals surface area contributed by atoms with Crippen molar-refractivity contribution in [2.45, 2.75) is 70.4 Å².